The van der Waals surface area contributed by atoms with Gasteiger partial charge >= 0.3 is 11.9 Å². The van der Waals surface area contributed by atoms with Gasteiger partial charge in [-0.3, -0.25) is 14.4 Å². The van der Waals surface area contributed by atoms with Crippen LogP contribution in [0.2, 0.25) is 0 Å². The number of likely N-dealkylation sites (tertiary alicyclic amines) is 1. The first-order chi connectivity index (χ1) is 20.1. The third kappa shape index (κ3) is 7.12. The highest BCUT2D eigenvalue weighted by Crippen LogP contribution is 2.45. The number of ether oxygens (including phenoxy) is 3. The molecule has 0 radical (unpaired) electrons. The Bertz CT molecular complexity index is 1480. The molecular formula is C28H27N3O8S3. The maximum absolute atomic E-state index is 13.4. The van der Waals surface area contributed by atoms with Crippen LogP contribution in [0.15, 0.2) is 71.1 Å². The summed E-state index contributed by atoms with van der Waals surface area (Å²) in [6, 6.07) is 14.0. The van der Waals surface area contributed by atoms with Crippen molar-refractivity contribution in [3.8, 4) is 5.75 Å². The molecule has 1 saturated heterocycles. The zero-order valence-corrected chi connectivity index (χ0v) is 25.3. The first-order valence-corrected chi connectivity index (χ1v) is 15.6. The number of esters is 2. The summed E-state index contributed by atoms with van der Waals surface area (Å²) in [7, 11) is 3.55. The first kappa shape index (κ1) is 31.1. The Morgan fingerprint density at radius 2 is 1.76 bits per heavy atom. The molecule has 1 aliphatic rings. The van der Waals surface area contributed by atoms with Crippen LogP contribution in [-0.2, 0) is 33.4 Å². The molecule has 1 fully saturated rings. The summed E-state index contributed by atoms with van der Waals surface area (Å²) < 4.78 is 17.0. The van der Waals surface area contributed by atoms with Gasteiger partial charge in [0, 0.05) is 0 Å². The zero-order valence-electron chi connectivity index (χ0n) is 22.8. The number of hydrogen-bond acceptors (Lipinski definition) is 12. The Balaban J connectivity index is 1.54. The fraction of sp³-hybridized carbons (Fsp3) is 0.286. The van der Waals surface area contributed by atoms with Gasteiger partial charge in [0.1, 0.15) is 17.2 Å². The number of Topliss-reactive ketones (excluding diaryl/α,β-unsaturated/α-hetero) is 1. The number of β-lactam (4-membered cyclic amide) rings is 1. The van der Waals surface area contributed by atoms with Crippen LogP contribution >= 0.6 is 32.9 Å². The normalized spacial score (nSPS) is 17.5. The summed E-state index contributed by atoms with van der Waals surface area (Å²) >= 11 is 1.46. The summed E-state index contributed by atoms with van der Waals surface area (Å²) in [4.78, 5) is 69.2. The van der Waals surface area contributed by atoms with Crippen LogP contribution in [0.5, 0.6) is 5.75 Å². The Morgan fingerprint density at radius 3 is 2.40 bits per heavy atom. The van der Waals surface area contributed by atoms with Crippen LogP contribution in [-0.4, -0.2) is 76.7 Å². The molecule has 0 spiro atoms. The quantitative estimate of drug-likeness (QED) is 0.0978. The number of carbonyl (C=O) groups is 5. The molecule has 4 rings (SSSR count). The van der Waals surface area contributed by atoms with Crippen molar-refractivity contribution in [1.82, 2.24) is 15.2 Å². The molecular weight excluding hydrogens is 603 g/mol. The molecule has 4 unspecified atom stereocenters. The minimum absolute atomic E-state index is 0.230. The molecule has 14 heteroatoms. The maximum atomic E-state index is 13.4. The van der Waals surface area contributed by atoms with Gasteiger partial charge in [-0.05, 0) is 54.5 Å². The fourth-order valence-electron chi connectivity index (χ4n) is 3.99. The second-order valence-corrected chi connectivity index (χ2v) is 12.7. The predicted octanol–water partition coefficient (Wildman–Crippen LogP) is 3.39. The SMILES string of the molecule is C=C(C)C(C(=O)OC(C(C)=O)C(=O)OC)N1C(=O)C(NC(=O)COc2ccccc2)C1SSc1nc2ccccc2s1. The number of para-hydroxylation sites is 2. The van der Waals surface area contributed by atoms with Gasteiger partial charge in [0.25, 0.3) is 12.0 Å². The van der Waals surface area contributed by atoms with Crippen LogP contribution in [0.3, 0.4) is 0 Å². The van der Waals surface area contributed by atoms with Crippen molar-refractivity contribution >= 4 is 72.7 Å². The van der Waals surface area contributed by atoms with Crippen molar-refractivity contribution in [2.75, 3.05) is 13.7 Å². The Kier molecular flexibility index (Phi) is 10.2. The van der Waals surface area contributed by atoms with Crippen molar-refractivity contribution in [3.63, 3.8) is 0 Å². The number of thiazole rings is 1. The third-order valence-electron chi connectivity index (χ3n) is 5.99. The van der Waals surface area contributed by atoms with Crippen molar-refractivity contribution in [3.05, 3.63) is 66.7 Å². The number of nitrogens with zero attached hydrogens (tertiary/aromatic N) is 2. The third-order valence-corrected chi connectivity index (χ3v) is 10.0. The van der Waals surface area contributed by atoms with Crippen LogP contribution < -0.4 is 10.1 Å². The summed E-state index contributed by atoms with van der Waals surface area (Å²) in [5, 5.41) is 1.92. The van der Waals surface area contributed by atoms with Gasteiger partial charge in [-0.25, -0.2) is 14.6 Å². The summed E-state index contributed by atoms with van der Waals surface area (Å²) in [6.45, 7) is 6.10. The maximum Gasteiger partial charge on any atom is 0.355 e. The Morgan fingerprint density at radius 1 is 1.07 bits per heavy atom. The molecule has 11 nitrogen and oxygen atoms in total. The van der Waals surface area contributed by atoms with E-state index in [-0.39, 0.29) is 12.2 Å². The Labute approximate surface area is 253 Å². The fourth-order valence-corrected chi connectivity index (χ4v) is 7.95. The van der Waals surface area contributed by atoms with Crippen LogP contribution in [0.1, 0.15) is 13.8 Å². The minimum Gasteiger partial charge on any atom is -0.484 e. The lowest BCUT2D eigenvalue weighted by Gasteiger charge is -2.49. The molecule has 4 atom stereocenters. The molecule has 42 heavy (non-hydrogen) atoms. The minimum atomic E-state index is -1.80. The van der Waals surface area contributed by atoms with Gasteiger partial charge in [-0.1, -0.05) is 47.7 Å². The van der Waals surface area contributed by atoms with E-state index in [1.165, 1.54) is 44.7 Å². The average molecular weight is 630 g/mol. The smallest absolute Gasteiger partial charge is 0.355 e. The standard InChI is InChI=1S/C28H27N3O8S3/c1-15(2)22(26(35)39-23(16(3)32)27(36)37-4)31-24(34)21(30-20(33)14-38-17-10-6-5-7-11-17)25(31)41-42-28-29-18-12-8-9-13-19(18)40-28/h5-13,21-23,25H,1,14H2,2-4H3,(H,30,33). The summed E-state index contributed by atoms with van der Waals surface area (Å²) in [6.07, 6.45) is -1.80. The zero-order chi connectivity index (χ0) is 30.4. The lowest BCUT2D eigenvalue weighted by Crippen LogP contribution is -2.73. The van der Waals surface area contributed by atoms with Gasteiger partial charge < -0.3 is 24.4 Å². The largest absolute Gasteiger partial charge is 0.484 e. The van der Waals surface area contributed by atoms with E-state index in [2.05, 4.69) is 21.6 Å². The monoisotopic (exact) mass is 629 g/mol. The van der Waals surface area contributed by atoms with Gasteiger partial charge in [-0.15, -0.1) is 11.3 Å². The molecule has 0 aliphatic carbocycles. The number of nitrogens with one attached hydrogen (secondary N) is 1. The van der Waals surface area contributed by atoms with Crippen molar-refractivity contribution in [2.45, 2.75) is 41.7 Å². The van der Waals surface area contributed by atoms with E-state index in [0.717, 1.165) is 24.3 Å². The Hall–Kier alpha value is -3.88. The molecule has 220 valence electrons. The highest BCUT2D eigenvalue weighted by Gasteiger charge is 2.54. The number of aromatic nitrogens is 1. The van der Waals surface area contributed by atoms with E-state index in [9.17, 15) is 24.0 Å². The molecule has 0 bridgehead atoms. The molecule has 2 amide bonds. The number of methoxy groups -OCH3 is 1. The summed E-state index contributed by atoms with van der Waals surface area (Å²) in [5.74, 6) is -3.45. The predicted molar refractivity (Wildman–Crippen MR) is 159 cm³/mol. The van der Waals surface area contributed by atoms with E-state index in [0.29, 0.717) is 10.1 Å². The lowest BCUT2D eigenvalue weighted by atomic mass is 9.99. The van der Waals surface area contributed by atoms with E-state index in [4.69, 9.17) is 9.47 Å². The van der Waals surface area contributed by atoms with E-state index in [1.54, 1.807) is 24.3 Å². The van der Waals surface area contributed by atoms with Crippen molar-refractivity contribution < 1.29 is 38.2 Å². The van der Waals surface area contributed by atoms with Gasteiger partial charge in [0.05, 0.1) is 17.3 Å². The van der Waals surface area contributed by atoms with Gasteiger partial charge in [0.2, 0.25) is 5.91 Å². The van der Waals surface area contributed by atoms with E-state index in [1.807, 2.05) is 30.3 Å². The number of carbonyl (C=O) groups excluding carboxylic acids is 5. The lowest BCUT2D eigenvalue weighted by molar-refractivity contribution is -0.175. The van der Waals surface area contributed by atoms with Crippen LogP contribution in [0.25, 0.3) is 10.2 Å². The molecule has 1 aromatic heterocycles. The molecule has 1 aliphatic heterocycles. The van der Waals surface area contributed by atoms with Crippen molar-refractivity contribution in [1.29, 1.82) is 0 Å². The topological polar surface area (TPSA) is 141 Å². The van der Waals surface area contributed by atoms with Crippen LogP contribution in [0.4, 0.5) is 0 Å². The average Bonchev–Trinajstić information content (AvgIpc) is 3.40. The highest BCUT2D eigenvalue weighted by atomic mass is 33.1. The summed E-state index contributed by atoms with van der Waals surface area (Å²) in [5.41, 5.74) is 1.05. The number of fused-ring (bicyclic) bond motifs is 1. The molecule has 0 saturated carbocycles. The second kappa shape index (κ2) is 13.9. The number of ketones is 1. The molecule has 3 aromatic rings. The van der Waals surface area contributed by atoms with E-state index >= 15 is 0 Å². The van der Waals surface area contributed by atoms with Crippen LogP contribution in [0, 0.1) is 0 Å². The van der Waals surface area contributed by atoms with Gasteiger partial charge in [-0.2, -0.15) is 0 Å². The highest BCUT2D eigenvalue weighted by molar-refractivity contribution is 8.77. The number of hydrogen-bond donors (Lipinski definition) is 1. The molecule has 2 heterocycles. The number of rotatable bonds is 13. The number of benzene rings is 2. The molecule has 1 N–H and O–H groups in total. The van der Waals surface area contributed by atoms with Gasteiger partial charge in [0.15, 0.2) is 22.8 Å². The number of amides is 2. The molecule has 2 aromatic carbocycles. The second-order valence-electron chi connectivity index (χ2n) is 9.11. The van der Waals surface area contributed by atoms with Crippen molar-refractivity contribution in [2.24, 2.45) is 0 Å². The van der Waals surface area contributed by atoms with E-state index < -0.39 is 53.1 Å². The first-order valence-electron chi connectivity index (χ1n) is 12.5.